The van der Waals surface area contributed by atoms with Crippen molar-refractivity contribution in [1.82, 2.24) is 4.90 Å². The number of rotatable bonds is 3. The number of hydrogen-bond acceptors (Lipinski definition) is 3. The van der Waals surface area contributed by atoms with E-state index < -0.39 is 5.60 Å². The fraction of sp³-hybridized carbons (Fsp3) is 0.611. The first-order valence-electron chi connectivity index (χ1n) is 8.18. The Bertz CT molecular complexity index is 539. The molecule has 0 radical (unpaired) electrons. The van der Waals surface area contributed by atoms with E-state index in [4.69, 9.17) is 4.74 Å². The number of aliphatic hydroxyl groups is 1. The minimum absolute atomic E-state index is 0.0174. The Kier molecular flexibility index (Phi) is 4.13. The molecule has 0 atom stereocenters. The van der Waals surface area contributed by atoms with Gasteiger partial charge in [-0.3, -0.25) is 4.79 Å². The van der Waals surface area contributed by atoms with E-state index in [-0.39, 0.29) is 17.9 Å². The molecular weight excluding hydrogens is 278 g/mol. The molecule has 1 aliphatic heterocycles. The van der Waals surface area contributed by atoms with Gasteiger partial charge in [-0.05, 0) is 38.3 Å². The normalized spacial score (nSPS) is 29.0. The maximum Gasteiger partial charge on any atom is 0.225 e. The van der Waals surface area contributed by atoms with Gasteiger partial charge in [-0.15, -0.1) is 0 Å². The van der Waals surface area contributed by atoms with Gasteiger partial charge in [-0.1, -0.05) is 18.2 Å². The van der Waals surface area contributed by atoms with Gasteiger partial charge in [0.05, 0.1) is 5.60 Å². The van der Waals surface area contributed by atoms with Crippen LogP contribution in [0, 0.1) is 12.8 Å². The van der Waals surface area contributed by atoms with Crippen molar-refractivity contribution < 1.29 is 14.6 Å². The molecule has 0 bridgehead atoms. The summed E-state index contributed by atoms with van der Waals surface area (Å²) in [6, 6.07) is 8.06. The third-order valence-electron chi connectivity index (χ3n) is 4.86. The first-order valence-corrected chi connectivity index (χ1v) is 8.18. The number of nitrogens with zero attached hydrogens (tertiary/aromatic N) is 1. The van der Waals surface area contributed by atoms with Crippen LogP contribution in [-0.4, -0.2) is 40.7 Å². The Morgan fingerprint density at radius 2 is 1.91 bits per heavy atom. The number of carbonyl (C=O) groups excluding carboxylic acids is 1. The van der Waals surface area contributed by atoms with Gasteiger partial charge in [0.25, 0.3) is 0 Å². The van der Waals surface area contributed by atoms with Crippen LogP contribution >= 0.6 is 0 Å². The molecule has 1 heterocycles. The molecule has 1 saturated heterocycles. The van der Waals surface area contributed by atoms with Crippen molar-refractivity contribution in [3.8, 4) is 5.75 Å². The quantitative estimate of drug-likeness (QED) is 0.933. The minimum atomic E-state index is -0.632. The van der Waals surface area contributed by atoms with Gasteiger partial charge in [0.2, 0.25) is 5.91 Å². The fourth-order valence-corrected chi connectivity index (χ4v) is 3.50. The second kappa shape index (κ2) is 5.92. The van der Waals surface area contributed by atoms with E-state index in [1.807, 2.05) is 23.1 Å². The molecule has 0 aromatic heterocycles. The molecule has 1 aromatic rings. The fourth-order valence-electron chi connectivity index (χ4n) is 3.50. The summed E-state index contributed by atoms with van der Waals surface area (Å²) in [5.74, 6) is 1.17. The van der Waals surface area contributed by atoms with Gasteiger partial charge >= 0.3 is 0 Å². The maximum atomic E-state index is 12.4. The number of amides is 1. The third-order valence-corrected chi connectivity index (χ3v) is 4.86. The summed E-state index contributed by atoms with van der Waals surface area (Å²) in [6.45, 7) is 5.37. The van der Waals surface area contributed by atoms with E-state index >= 15 is 0 Å². The molecule has 1 saturated carbocycles. The van der Waals surface area contributed by atoms with Crippen molar-refractivity contribution in [2.24, 2.45) is 5.92 Å². The van der Waals surface area contributed by atoms with Crippen molar-refractivity contribution in [2.45, 2.75) is 51.2 Å². The largest absolute Gasteiger partial charge is 0.490 e. The lowest BCUT2D eigenvalue weighted by Crippen LogP contribution is -2.51. The SMILES string of the molecule is Cc1ccccc1OC1CCN(C(=O)C2CC(C)(O)C2)CC1. The highest BCUT2D eigenvalue weighted by Crippen LogP contribution is 2.38. The maximum absolute atomic E-state index is 12.4. The molecular formula is C18H25NO3. The molecule has 1 aromatic carbocycles. The Morgan fingerprint density at radius 3 is 2.50 bits per heavy atom. The minimum Gasteiger partial charge on any atom is -0.490 e. The zero-order valence-electron chi connectivity index (χ0n) is 13.4. The van der Waals surface area contributed by atoms with Crippen molar-refractivity contribution in [1.29, 1.82) is 0 Å². The number of piperidine rings is 1. The number of hydrogen-bond donors (Lipinski definition) is 1. The summed E-state index contributed by atoms with van der Waals surface area (Å²) in [4.78, 5) is 14.3. The van der Waals surface area contributed by atoms with E-state index in [1.54, 1.807) is 6.92 Å². The molecule has 1 N–H and O–H groups in total. The average molecular weight is 303 g/mol. The lowest BCUT2D eigenvalue weighted by atomic mass is 9.71. The molecule has 2 fully saturated rings. The van der Waals surface area contributed by atoms with Gasteiger partial charge in [0, 0.05) is 31.8 Å². The van der Waals surface area contributed by atoms with Crippen LogP contribution in [0.5, 0.6) is 5.75 Å². The molecule has 0 spiro atoms. The Hall–Kier alpha value is -1.55. The molecule has 2 aliphatic rings. The van der Waals surface area contributed by atoms with E-state index in [2.05, 4.69) is 13.0 Å². The van der Waals surface area contributed by atoms with Crippen molar-refractivity contribution >= 4 is 5.91 Å². The number of benzene rings is 1. The molecule has 22 heavy (non-hydrogen) atoms. The van der Waals surface area contributed by atoms with Crippen molar-refractivity contribution in [3.05, 3.63) is 29.8 Å². The first-order chi connectivity index (χ1) is 10.4. The predicted octanol–water partition coefficient (Wildman–Crippen LogP) is 2.53. The third kappa shape index (κ3) is 3.27. The molecule has 3 rings (SSSR count). The number of ether oxygens (including phenoxy) is 1. The summed E-state index contributed by atoms with van der Waals surface area (Å²) < 4.78 is 6.07. The van der Waals surface area contributed by atoms with Crippen molar-refractivity contribution in [2.75, 3.05) is 13.1 Å². The Balaban J connectivity index is 1.48. The highest BCUT2D eigenvalue weighted by atomic mass is 16.5. The van der Waals surface area contributed by atoms with Gasteiger partial charge < -0.3 is 14.7 Å². The first kappa shape index (κ1) is 15.3. The van der Waals surface area contributed by atoms with Crippen LogP contribution in [0.3, 0.4) is 0 Å². The molecule has 1 amide bonds. The Morgan fingerprint density at radius 1 is 1.27 bits per heavy atom. The van der Waals surface area contributed by atoms with E-state index in [1.165, 1.54) is 0 Å². The summed E-state index contributed by atoms with van der Waals surface area (Å²) in [5.41, 5.74) is 0.518. The molecule has 1 aliphatic carbocycles. The number of carbonyl (C=O) groups is 1. The van der Waals surface area contributed by atoms with Crippen molar-refractivity contribution in [3.63, 3.8) is 0 Å². The smallest absolute Gasteiger partial charge is 0.225 e. The van der Waals surface area contributed by atoms with Gasteiger partial charge in [0.15, 0.2) is 0 Å². The average Bonchev–Trinajstić information content (AvgIpc) is 2.47. The highest BCUT2D eigenvalue weighted by Gasteiger charge is 2.44. The lowest BCUT2D eigenvalue weighted by Gasteiger charge is -2.43. The zero-order chi connectivity index (χ0) is 15.7. The van der Waals surface area contributed by atoms with Gasteiger partial charge in [-0.2, -0.15) is 0 Å². The monoisotopic (exact) mass is 303 g/mol. The van der Waals surface area contributed by atoms with E-state index in [9.17, 15) is 9.90 Å². The van der Waals surface area contributed by atoms with Crippen LogP contribution in [-0.2, 0) is 4.79 Å². The number of para-hydroxylation sites is 1. The standard InChI is InChI=1S/C18H25NO3/c1-13-5-3-4-6-16(13)22-15-7-9-19(10-8-15)17(20)14-11-18(2,21)12-14/h3-6,14-15,21H,7-12H2,1-2H3. The topological polar surface area (TPSA) is 49.8 Å². The van der Waals surface area contributed by atoms with Crippen LogP contribution in [0.4, 0.5) is 0 Å². The van der Waals surface area contributed by atoms with Crippen LogP contribution in [0.15, 0.2) is 24.3 Å². The van der Waals surface area contributed by atoms with Crippen LogP contribution in [0.2, 0.25) is 0 Å². The van der Waals surface area contributed by atoms with Crippen LogP contribution in [0.25, 0.3) is 0 Å². The molecule has 120 valence electrons. The summed E-state index contributed by atoms with van der Waals surface area (Å²) in [6.07, 6.45) is 3.15. The second-order valence-electron chi connectivity index (χ2n) is 7.01. The van der Waals surface area contributed by atoms with Gasteiger partial charge in [-0.25, -0.2) is 0 Å². The highest BCUT2D eigenvalue weighted by molar-refractivity contribution is 5.80. The molecule has 0 unspecified atom stereocenters. The zero-order valence-corrected chi connectivity index (χ0v) is 13.4. The molecule has 4 heteroatoms. The van der Waals surface area contributed by atoms with Crippen LogP contribution in [0.1, 0.15) is 38.2 Å². The molecule has 4 nitrogen and oxygen atoms in total. The van der Waals surface area contributed by atoms with E-state index in [0.29, 0.717) is 12.8 Å². The summed E-state index contributed by atoms with van der Waals surface area (Å²) in [7, 11) is 0. The Labute approximate surface area is 132 Å². The predicted molar refractivity (Wildman–Crippen MR) is 84.8 cm³/mol. The van der Waals surface area contributed by atoms with Crippen LogP contribution < -0.4 is 4.74 Å². The summed E-state index contributed by atoms with van der Waals surface area (Å²) >= 11 is 0. The lowest BCUT2D eigenvalue weighted by molar-refractivity contribution is -0.151. The second-order valence-corrected chi connectivity index (χ2v) is 7.01. The summed E-state index contributed by atoms with van der Waals surface area (Å²) in [5, 5.41) is 9.77. The van der Waals surface area contributed by atoms with Gasteiger partial charge in [0.1, 0.15) is 11.9 Å². The number of likely N-dealkylation sites (tertiary alicyclic amines) is 1. The van der Waals surface area contributed by atoms with E-state index in [0.717, 1.165) is 37.2 Å². The number of aryl methyl sites for hydroxylation is 1.